The van der Waals surface area contributed by atoms with Crippen LogP contribution in [-0.4, -0.2) is 189 Å². The molecule has 0 saturated carbocycles. The van der Waals surface area contributed by atoms with E-state index in [2.05, 4.69) is 0 Å². The lowest BCUT2D eigenvalue weighted by atomic mass is 10.0. The van der Waals surface area contributed by atoms with E-state index in [0.29, 0.717) is 0 Å². The topological polar surface area (TPSA) is 382 Å². The first kappa shape index (κ1) is 39.8. The van der Waals surface area contributed by atoms with Gasteiger partial charge in [0.15, 0.2) is 0 Å². The summed E-state index contributed by atoms with van der Waals surface area (Å²) in [5.74, 6) is 0. The van der Waals surface area contributed by atoms with E-state index in [4.69, 9.17) is 93.8 Å². The van der Waals surface area contributed by atoms with Crippen molar-refractivity contribution in [1.82, 2.24) is 0 Å². The smallest absolute Gasteiger partial charge is 0.111 e. The monoisotopic (exact) mass is 543 g/mol. The lowest BCUT2D eigenvalue weighted by Crippen LogP contribution is -2.48. The molecule has 0 spiro atoms. The van der Waals surface area contributed by atoms with Crippen LogP contribution in [0.15, 0.2) is 0 Å². The van der Waals surface area contributed by atoms with Crippen molar-refractivity contribution in [1.29, 1.82) is 0 Å². The molecule has 0 heterocycles. The summed E-state index contributed by atoms with van der Waals surface area (Å²) in [5, 5.41) is 132. The van der Waals surface area contributed by atoms with Crippen molar-refractivity contribution in [3.8, 4) is 0 Å². The predicted octanol–water partition coefficient (Wildman–Crippen LogP) is -10.9. The molecule has 0 amide bonds. The summed E-state index contributed by atoms with van der Waals surface area (Å²) in [6, 6.07) is 0. The van der Waals surface area contributed by atoms with Crippen molar-refractivity contribution < 1.29 is 76.6 Å². The highest BCUT2D eigenvalue weighted by atomic mass is 16.4. The van der Waals surface area contributed by atoms with Gasteiger partial charge in [-0.15, -0.1) is 0 Å². The zero-order valence-corrected chi connectivity index (χ0v) is 19.6. The molecule has 0 aromatic carbocycles. The first-order valence-corrected chi connectivity index (χ1v) is 10.7. The molecule has 0 bridgehead atoms. The Morgan fingerprint density at radius 2 is 0.444 bits per heavy atom. The third-order valence-corrected chi connectivity index (χ3v) is 4.70. The summed E-state index contributed by atoms with van der Waals surface area (Å²) in [4.78, 5) is 0. The van der Waals surface area contributed by atoms with E-state index in [1.54, 1.807) is 0 Å². The molecule has 0 rings (SSSR count). The van der Waals surface area contributed by atoms with Gasteiger partial charge in [-0.3, -0.25) is 0 Å². The van der Waals surface area contributed by atoms with E-state index in [-0.39, 0.29) is 19.6 Å². The minimum atomic E-state index is -1.59. The summed E-state index contributed by atoms with van der Waals surface area (Å²) in [6.45, 7) is -2.73. The van der Waals surface area contributed by atoms with Crippen molar-refractivity contribution in [3.05, 3.63) is 0 Å². The summed E-state index contributed by atoms with van der Waals surface area (Å²) >= 11 is 0. The summed E-state index contributed by atoms with van der Waals surface area (Å²) < 4.78 is 0. The Morgan fingerprint density at radius 3 is 0.556 bits per heavy atom. The van der Waals surface area contributed by atoms with Crippen LogP contribution in [0.4, 0.5) is 0 Å². The van der Waals surface area contributed by atoms with Gasteiger partial charge in [-0.1, -0.05) is 0 Å². The molecule has 222 valence electrons. The van der Waals surface area contributed by atoms with E-state index in [1.807, 2.05) is 0 Å². The maximum absolute atomic E-state index is 9.04. The molecule has 0 radical (unpaired) electrons. The van der Waals surface area contributed by atoms with E-state index >= 15 is 0 Å². The van der Waals surface area contributed by atoms with E-state index in [0.717, 1.165) is 0 Å². The van der Waals surface area contributed by atoms with Gasteiger partial charge in [-0.2, -0.15) is 0 Å². The number of hydrogen-bond acceptors (Lipinski definition) is 18. The lowest BCUT2D eigenvalue weighted by Gasteiger charge is -2.24. The van der Waals surface area contributed by atoms with Gasteiger partial charge in [0.25, 0.3) is 0 Å². The largest absolute Gasteiger partial charge is 0.394 e. The predicted molar refractivity (Wildman–Crippen MR) is 121 cm³/mol. The van der Waals surface area contributed by atoms with Gasteiger partial charge < -0.3 is 93.8 Å². The standard InChI is InChI=1S/3C6H15NO5/c3*7-1-3(9)5(11)6(12)4(10)2-8/h3*3-6,8-12H,1-2,7H2. The van der Waals surface area contributed by atoms with Gasteiger partial charge in [-0.25, -0.2) is 0 Å². The van der Waals surface area contributed by atoms with Gasteiger partial charge in [0.05, 0.1) is 38.1 Å². The fourth-order valence-corrected chi connectivity index (χ4v) is 2.11. The van der Waals surface area contributed by atoms with Crippen molar-refractivity contribution in [3.63, 3.8) is 0 Å². The van der Waals surface area contributed by atoms with Crippen LogP contribution in [0, 0.1) is 0 Å². The molecule has 0 aromatic heterocycles. The first-order valence-electron chi connectivity index (χ1n) is 10.7. The third kappa shape index (κ3) is 15.5. The molecule has 21 N–H and O–H groups in total. The normalized spacial score (nSPS) is 21.5. The van der Waals surface area contributed by atoms with Crippen LogP contribution >= 0.6 is 0 Å². The minimum Gasteiger partial charge on any atom is -0.394 e. The highest BCUT2D eigenvalue weighted by Gasteiger charge is 2.30. The maximum atomic E-state index is 9.04. The highest BCUT2D eigenvalue weighted by molar-refractivity contribution is 4.82. The second-order valence-corrected chi connectivity index (χ2v) is 7.60. The van der Waals surface area contributed by atoms with E-state index < -0.39 is 93.1 Å². The fraction of sp³-hybridized carbons (Fsp3) is 1.00. The highest BCUT2D eigenvalue weighted by Crippen LogP contribution is 2.05. The molecule has 18 heteroatoms. The van der Waals surface area contributed by atoms with Gasteiger partial charge in [-0.05, 0) is 0 Å². The van der Waals surface area contributed by atoms with Gasteiger partial charge >= 0.3 is 0 Å². The Hall–Kier alpha value is -0.720. The van der Waals surface area contributed by atoms with Gasteiger partial charge in [0.1, 0.15) is 54.9 Å². The van der Waals surface area contributed by atoms with Crippen LogP contribution in [0.5, 0.6) is 0 Å². The summed E-state index contributed by atoms with van der Waals surface area (Å²) in [7, 11) is 0. The molecule has 0 aliphatic rings. The molecule has 12 atom stereocenters. The quantitative estimate of drug-likeness (QED) is 0.0910. The maximum Gasteiger partial charge on any atom is 0.111 e. The van der Waals surface area contributed by atoms with Crippen molar-refractivity contribution in [2.45, 2.75) is 73.2 Å². The van der Waals surface area contributed by atoms with Crippen molar-refractivity contribution >= 4 is 0 Å². The number of rotatable bonds is 15. The molecule has 0 aromatic rings. The molecule has 0 saturated heterocycles. The third-order valence-electron chi connectivity index (χ3n) is 4.70. The zero-order valence-electron chi connectivity index (χ0n) is 19.6. The van der Waals surface area contributed by atoms with Gasteiger partial charge in [0, 0.05) is 19.6 Å². The second kappa shape index (κ2) is 22.3. The Bertz CT molecular complexity index is 392. The fourth-order valence-electron chi connectivity index (χ4n) is 2.11. The lowest BCUT2D eigenvalue weighted by molar-refractivity contribution is -0.112. The van der Waals surface area contributed by atoms with E-state index in [9.17, 15) is 0 Å². The van der Waals surface area contributed by atoms with Crippen LogP contribution in [0.25, 0.3) is 0 Å². The molecule has 18 nitrogen and oxygen atoms in total. The number of hydrogen-bond donors (Lipinski definition) is 18. The molecule has 0 aliphatic heterocycles. The van der Waals surface area contributed by atoms with Gasteiger partial charge in [0.2, 0.25) is 0 Å². The van der Waals surface area contributed by atoms with Crippen molar-refractivity contribution in [2.24, 2.45) is 17.2 Å². The van der Waals surface area contributed by atoms with Crippen LogP contribution in [0.2, 0.25) is 0 Å². The van der Waals surface area contributed by atoms with E-state index in [1.165, 1.54) is 0 Å². The first-order chi connectivity index (χ1) is 16.6. The van der Waals surface area contributed by atoms with Crippen molar-refractivity contribution in [2.75, 3.05) is 39.5 Å². The number of nitrogens with two attached hydrogens (primary N) is 3. The Balaban J connectivity index is -0.000000454. The van der Waals surface area contributed by atoms with Crippen LogP contribution in [-0.2, 0) is 0 Å². The average molecular weight is 544 g/mol. The number of aliphatic hydroxyl groups excluding tert-OH is 15. The Morgan fingerprint density at radius 1 is 0.306 bits per heavy atom. The Kier molecular flexibility index (Phi) is 24.6. The molecule has 0 fully saturated rings. The van der Waals surface area contributed by atoms with Crippen LogP contribution in [0.3, 0.4) is 0 Å². The average Bonchev–Trinajstić information content (AvgIpc) is 2.92. The molecule has 12 unspecified atom stereocenters. The zero-order chi connectivity index (χ0) is 29.2. The summed E-state index contributed by atoms with van der Waals surface area (Å²) in [5.41, 5.74) is 15.0. The SMILES string of the molecule is NCC(O)C(O)C(O)C(O)CO.NCC(O)C(O)C(O)C(O)CO.NCC(O)C(O)C(O)C(O)CO. The number of aliphatic hydroxyl groups is 15. The molecular weight excluding hydrogens is 498 g/mol. The summed E-state index contributed by atoms with van der Waals surface area (Å²) in [6.07, 6.45) is -17.7. The van der Waals surface area contributed by atoms with Crippen LogP contribution in [0.1, 0.15) is 0 Å². The minimum absolute atomic E-state index is 0.226. The van der Waals surface area contributed by atoms with Crippen LogP contribution < -0.4 is 17.2 Å². The molecule has 0 aliphatic carbocycles. The second-order valence-electron chi connectivity index (χ2n) is 7.60. The molecule has 36 heavy (non-hydrogen) atoms. The molecular formula is C18H45N3O15. The Labute approximate surface area is 207 Å².